The topological polar surface area (TPSA) is 67.4 Å². The zero-order valence-corrected chi connectivity index (χ0v) is 20.0. The third-order valence-corrected chi connectivity index (χ3v) is 4.93. The van der Waals surface area contributed by atoms with E-state index < -0.39 is 0 Å². The highest BCUT2D eigenvalue weighted by Crippen LogP contribution is 2.27. The van der Waals surface area contributed by atoms with Crippen LogP contribution in [0.2, 0.25) is 0 Å². The van der Waals surface area contributed by atoms with E-state index in [0.29, 0.717) is 0 Å². The maximum Gasteiger partial charge on any atom is 0.191 e. The molecule has 7 nitrogen and oxygen atoms in total. The van der Waals surface area contributed by atoms with E-state index in [2.05, 4.69) is 40.4 Å². The van der Waals surface area contributed by atoms with E-state index in [0.717, 1.165) is 63.3 Å². The molecule has 2 N–H and O–H groups in total. The number of methoxy groups -OCH3 is 2. The van der Waals surface area contributed by atoms with Crippen molar-refractivity contribution in [2.45, 2.75) is 25.8 Å². The smallest absolute Gasteiger partial charge is 0.191 e. The molecule has 160 valence electrons. The van der Waals surface area contributed by atoms with Crippen LogP contribution in [0, 0.1) is 0 Å². The summed E-state index contributed by atoms with van der Waals surface area (Å²) in [6.45, 7) is 9.67. The monoisotopic (exact) mass is 506 g/mol. The summed E-state index contributed by atoms with van der Waals surface area (Å²) in [6, 6.07) is 6.01. The molecule has 1 saturated heterocycles. The van der Waals surface area contributed by atoms with Gasteiger partial charge in [-0.3, -0.25) is 9.89 Å². The first-order valence-electron chi connectivity index (χ1n) is 9.48. The fourth-order valence-corrected chi connectivity index (χ4v) is 3.16. The second kappa shape index (κ2) is 12.3. The van der Waals surface area contributed by atoms with E-state index in [1.807, 2.05) is 12.1 Å². The van der Waals surface area contributed by atoms with E-state index in [-0.39, 0.29) is 29.5 Å². The molecule has 0 radical (unpaired) electrons. The Morgan fingerprint density at radius 1 is 1.14 bits per heavy atom. The van der Waals surface area contributed by atoms with Gasteiger partial charge in [-0.05, 0) is 38.0 Å². The molecule has 0 spiro atoms. The fourth-order valence-electron chi connectivity index (χ4n) is 3.16. The molecule has 0 unspecified atom stereocenters. The SMILES string of the molecule is CN=C(NCCc1ccc(OC)c(OC)c1)NCC(C)(C)N1CCOCC1.I. The quantitative estimate of drug-likeness (QED) is 0.320. The van der Waals surface area contributed by atoms with Crippen LogP contribution in [-0.2, 0) is 11.2 Å². The van der Waals surface area contributed by atoms with E-state index in [9.17, 15) is 0 Å². The summed E-state index contributed by atoms with van der Waals surface area (Å²) in [5.41, 5.74) is 1.23. The average molecular weight is 506 g/mol. The van der Waals surface area contributed by atoms with Crippen molar-refractivity contribution in [3.63, 3.8) is 0 Å². The minimum atomic E-state index is 0. The minimum absolute atomic E-state index is 0. The van der Waals surface area contributed by atoms with E-state index in [4.69, 9.17) is 14.2 Å². The van der Waals surface area contributed by atoms with Crippen molar-refractivity contribution < 1.29 is 14.2 Å². The summed E-state index contributed by atoms with van der Waals surface area (Å²) >= 11 is 0. The molecule has 0 atom stereocenters. The number of hydrogen-bond acceptors (Lipinski definition) is 5. The third-order valence-electron chi connectivity index (χ3n) is 4.93. The first kappa shape index (κ1) is 24.8. The van der Waals surface area contributed by atoms with Crippen LogP contribution in [0.3, 0.4) is 0 Å². The second-order valence-electron chi connectivity index (χ2n) is 7.20. The number of rotatable bonds is 8. The van der Waals surface area contributed by atoms with Crippen molar-refractivity contribution in [2.75, 3.05) is 60.7 Å². The first-order valence-corrected chi connectivity index (χ1v) is 9.48. The van der Waals surface area contributed by atoms with Crippen molar-refractivity contribution in [1.29, 1.82) is 0 Å². The number of nitrogens with zero attached hydrogens (tertiary/aromatic N) is 2. The molecule has 28 heavy (non-hydrogen) atoms. The summed E-state index contributed by atoms with van der Waals surface area (Å²) < 4.78 is 16.1. The van der Waals surface area contributed by atoms with Crippen LogP contribution in [-0.4, -0.2) is 77.1 Å². The number of morpholine rings is 1. The van der Waals surface area contributed by atoms with Crippen molar-refractivity contribution in [2.24, 2.45) is 4.99 Å². The number of guanidine groups is 1. The highest BCUT2D eigenvalue weighted by atomic mass is 127. The summed E-state index contributed by atoms with van der Waals surface area (Å²) in [6.07, 6.45) is 0.869. The van der Waals surface area contributed by atoms with Gasteiger partial charge in [0.15, 0.2) is 17.5 Å². The summed E-state index contributed by atoms with van der Waals surface area (Å²) in [7, 11) is 5.10. The number of halogens is 1. The lowest BCUT2D eigenvalue weighted by atomic mass is 10.0. The summed E-state index contributed by atoms with van der Waals surface area (Å²) in [5.74, 6) is 2.32. The molecule has 2 rings (SSSR count). The number of nitrogens with one attached hydrogen (secondary N) is 2. The Hall–Kier alpha value is -1.26. The maximum atomic E-state index is 5.45. The normalized spacial score (nSPS) is 15.5. The predicted molar refractivity (Wildman–Crippen MR) is 125 cm³/mol. The Balaban J connectivity index is 0.00000392. The molecule has 0 aliphatic carbocycles. The predicted octanol–water partition coefficient (Wildman–Crippen LogP) is 2.14. The van der Waals surface area contributed by atoms with Gasteiger partial charge in [-0.1, -0.05) is 6.07 Å². The van der Waals surface area contributed by atoms with Gasteiger partial charge in [0.25, 0.3) is 0 Å². The molecule has 0 bridgehead atoms. The zero-order chi connectivity index (χ0) is 19.7. The van der Waals surface area contributed by atoms with Gasteiger partial charge < -0.3 is 24.8 Å². The Labute approximate surface area is 186 Å². The van der Waals surface area contributed by atoms with Crippen molar-refractivity contribution in [3.8, 4) is 11.5 Å². The standard InChI is InChI=1S/C20H34N4O3.HI/c1-20(2,24-10-12-27-13-11-24)15-23-19(21-3)22-9-8-16-6-7-17(25-4)18(14-16)26-5;/h6-7,14H,8-13,15H2,1-5H3,(H2,21,22,23);1H. The zero-order valence-electron chi connectivity index (χ0n) is 17.7. The van der Waals surface area contributed by atoms with Crippen molar-refractivity contribution >= 4 is 29.9 Å². The highest BCUT2D eigenvalue weighted by molar-refractivity contribution is 14.0. The lowest BCUT2D eigenvalue weighted by Crippen LogP contribution is -2.56. The Morgan fingerprint density at radius 3 is 2.43 bits per heavy atom. The van der Waals surface area contributed by atoms with Gasteiger partial charge in [0.2, 0.25) is 0 Å². The fraction of sp³-hybridized carbons (Fsp3) is 0.650. The van der Waals surface area contributed by atoms with E-state index in [1.165, 1.54) is 5.56 Å². The van der Waals surface area contributed by atoms with Crippen molar-refractivity contribution in [3.05, 3.63) is 23.8 Å². The van der Waals surface area contributed by atoms with Crippen LogP contribution in [0.4, 0.5) is 0 Å². The number of hydrogen-bond donors (Lipinski definition) is 2. The van der Waals surface area contributed by atoms with Crippen LogP contribution in [0.25, 0.3) is 0 Å². The summed E-state index contributed by atoms with van der Waals surface area (Å²) in [5, 5.41) is 6.83. The number of aliphatic imine (C=N–C) groups is 1. The van der Waals surface area contributed by atoms with Gasteiger partial charge in [0, 0.05) is 38.8 Å². The highest BCUT2D eigenvalue weighted by Gasteiger charge is 2.28. The van der Waals surface area contributed by atoms with Gasteiger partial charge in [0.1, 0.15) is 0 Å². The molecule has 1 aromatic carbocycles. The first-order chi connectivity index (χ1) is 13.0. The van der Waals surface area contributed by atoms with E-state index >= 15 is 0 Å². The van der Waals surface area contributed by atoms with Crippen LogP contribution in [0.15, 0.2) is 23.2 Å². The Bertz CT molecular complexity index is 619. The number of ether oxygens (including phenoxy) is 3. The summed E-state index contributed by atoms with van der Waals surface area (Å²) in [4.78, 5) is 6.79. The largest absolute Gasteiger partial charge is 0.493 e. The molecule has 8 heteroatoms. The molecule has 0 saturated carbocycles. The molecule has 0 amide bonds. The molecule has 1 fully saturated rings. The molecular weight excluding hydrogens is 471 g/mol. The molecule has 0 aromatic heterocycles. The second-order valence-corrected chi connectivity index (χ2v) is 7.20. The Kier molecular flexibility index (Phi) is 10.9. The number of benzene rings is 1. The van der Waals surface area contributed by atoms with Crippen LogP contribution in [0.5, 0.6) is 11.5 Å². The molecule has 1 aromatic rings. The average Bonchev–Trinajstić information content (AvgIpc) is 2.71. The maximum absolute atomic E-state index is 5.45. The molecule has 1 heterocycles. The lowest BCUT2D eigenvalue weighted by Gasteiger charge is -2.41. The minimum Gasteiger partial charge on any atom is -0.493 e. The van der Waals surface area contributed by atoms with Crippen molar-refractivity contribution in [1.82, 2.24) is 15.5 Å². The van der Waals surface area contributed by atoms with Crippen LogP contribution < -0.4 is 20.1 Å². The molecular formula is C20H35IN4O3. The van der Waals surface area contributed by atoms with Crippen LogP contribution >= 0.6 is 24.0 Å². The van der Waals surface area contributed by atoms with Crippen LogP contribution in [0.1, 0.15) is 19.4 Å². The van der Waals surface area contributed by atoms with Gasteiger partial charge in [-0.15, -0.1) is 24.0 Å². The third kappa shape index (κ3) is 7.29. The van der Waals surface area contributed by atoms with E-state index in [1.54, 1.807) is 21.3 Å². The Morgan fingerprint density at radius 2 is 1.82 bits per heavy atom. The van der Waals surface area contributed by atoms with Gasteiger partial charge in [-0.2, -0.15) is 0 Å². The van der Waals surface area contributed by atoms with Gasteiger partial charge >= 0.3 is 0 Å². The lowest BCUT2D eigenvalue weighted by molar-refractivity contribution is -0.00833. The molecule has 1 aliphatic rings. The molecule has 1 aliphatic heterocycles. The van der Waals surface area contributed by atoms with Gasteiger partial charge in [0.05, 0.1) is 27.4 Å². The van der Waals surface area contributed by atoms with Gasteiger partial charge in [-0.25, -0.2) is 0 Å².